The topological polar surface area (TPSA) is 91.7 Å². The molecule has 1 fully saturated rings. The molecule has 25 heavy (non-hydrogen) atoms. The smallest absolute Gasteiger partial charge is 0.351 e. The maximum Gasteiger partial charge on any atom is 0.351 e. The molecule has 1 aromatic heterocycles. The Morgan fingerprint density at radius 2 is 1.92 bits per heavy atom. The van der Waals surface area contributed by atoms with Crippen molar-refractivity contribution < 1.29 is 14.3 Å². The van der Waals surface area contributed by atoms with Gasteiger partial charge in [0, 0.05) is 13.1 Å². The molecule has 1 aromatic carbocycles. The van der Waals surface area contributed by atoms with Crippen LogP contribution < -0.4 is 16.0 Å². The molecule has 9 nitrogen and oxygen atoms in total. The van der Waals surface area contributed by atoms with Gasteiger partial charge in [-0.25, -0.2) is 19.4 Å². The van der Waals surface area contributed by atoms with E-state index < -0.39 is 0 Å². The zero-order valence-corrected chi connectivity index (χ0v) is 13.7. The van der Waals surface area contributed by atoms with E-state index in [1.165, 1.54) is 15.9 Å². The highest BCUT2D eigenvalue weighted by atomic mass is 16.5. The van der Waals surface area contributed by atoms with Crippen molar-refractivity contribution >= 4 is 23.4 Å². The van der Waals surface area contributed by atoms with Gasteiger partial charge in [-0.1, -0.05) is 17.7 Å². The lowest BCUT2D eigenvalue weighted by Crippen LogP contribution is -2.53. The molecule has 0 saturated carbocycles. The van der Waals surface area contributed by atoms with E-state index >= 15 is 0 Å². The molecule has 4 rings (SSSR count). The van der Waals surface area contributed by atoms with E-state index in [0.29, 0.717) is 37.8 Å². The zero-order valence-electron chi connectivity index (χ0n) is 13.7. The molecular formula is C16H18N6O3. The van der Waals surface area contributed by atoms with Crippen molar-refractivity contribution in [1.29, 1.82) is 0 Å². The monoisotopic (exact) mass is 342 g/mol. The maximum atomic E-state index is 12.7. The van der Waals surface area contributed by atoms with Crippen LogP contribution in [0.1, 0.15) is 16.1 Å². The van der Waals surface area contributed by atoms with Crippen molar-refractivity contribution in [3.05, 3.63) is 41.9 Å². The number of nitrogens with zero attached hydrogens (tertiary/aromatic N) is 4. The van der Waals surface area contributed by atoms with E-state index in [1.807, 2.05) is 31.2 Å². The summed E-state index contributed by atoms with van der Waals surface area (Å²) in [6.07, 6.45) is 1.36. The Labute approximate surface area is 144 Å². The normalized spacial score (nSPS) is 17.2. The fraction of sp³-hybridized carbons (Fsp3) is 0.312. The average Bonchev–Trinajstić information content (AvgIpc) is 3.08. The van der Waals surface area contributed by atoms with E-state index in [4.69, 9.17) is 4.74 Å². The fourth-order valence-electron chi connectivity index (χ4n) is 2.82. The lowest BCUT2D eigenvalue weighted by atomic mass is 10.2. The predicted octanol–water partition coefficient (Wildman–Crippen LogP) is 0.984. The number of imidazole rings is 1. The van der Waals surface area contributed by atoms with Crippen LogP contribution >= 0.6 is 0 Å². The molecule has 9 heteroatoms. The Morgan fingerprint density at radius 1 is 1.20 bits per heavy atom. The molecule has 0 unspecified atom stereocenters. The first-order valence-corrected chi connectivity index (χ1v) is 8.02. The molecule has 3 heterocycles. The molecule has 2 aromatic rings. The van der Waals surface area contributed by atoms with E-state index in [0.717, 1.165) is 5.56 Å². The van der Waals surface area contributed by atoms with Gasteiger partial charge in [0.15, 0.2) is 11.5 Å². The van der Waals surface area contributed by atoms with Crippen LogP contribution in [-0.4, -0.2) is 52.7 Å². The molecule has 0 radical (unpaired) electrons. The summed E-state index contributed by atoms with van der Waals surface area (Å²) < 4.78 is 6.58. The first-order chi connectivity index (χ1) is 12.1. The van der Waals surface area contributed by atoms with Crippen LogP contribution in [0.5, 0.6) is 0 Å². The first kappa shape index (κ1) is 15.6. The van der Waals surface area contributed by atoms with Gasteiger partial charge in [0.05, 0.1) is 18.9 Å². The van der Waals surface area contributed by atoms with E-state index in [1.54, 1.807) is 4.90 Å². The molecule has 2 aliphatic heterocycles. The summed E-state index contributed by atoms with van der Waals surface area (Å²) in [5.74, 6) is 0.118. The van der Waals surface area contributed by atoms with Gasteiger partial charge in [0.1, 0.15) is 6.33 Å². The van der Waals surface area contributed by atoms with Crippen LogP contribution in [-0.2, 0) is 4.74 Å². The number of aryl methyl sites for hydroxylation is 1. The fourth-order valence-corrected chi connectivity index (χ4v) is 2.82. The predicted molar refractivity (Wildman–Crippen MR) is 90.2 cm³/mol. The number of hydrazine groups is 2. The largest absolute Gasteiger partial charge is 0.378 e. The molecule has 2 N–H and O–H groups in total. The third-order valence-electron chi connectivity index (χ3n) is 4.24. The summed E-state index contributed by atoms with van der Waals surface area (Å²) in [5, 5.41) is 1.36. The van der Waals surface area contributed by atoms with Crippen LogP contribution in [0, 0.1) is 6.92 Å². The second-order valence-electron chi connectivity index (χ2n) is 5.91. The highest BCUT2D eigenvalue weighted by molar-refractivity contribution is 6.02. The third kappa shape index (κ3) is 2.73. The highest BCUT2D eigenvalue weighted by Gasteiger charge is 2.32. The molecule has 1 saturated heterocycles. The second kappa shape index (κ2) is 6.19. The van der Waals surface area contributed by atoms with E-state index in [-0.39, 0.29) is 17.6 Å². The standard InChI is InChI=1S/C16H18N6O3/c1-11-2-4-12(5-3-11)22-16(24)21-10-17-13(14(21)18-19-22)15(23)20-6-8-25-9-7-20/h2-5,10,18-19H,6-9H2,1H3. The first-order valence-electron chi connectivity index (χ1n) is 8.02. The van der Waals surface area contributed by atoms with Gasteiger partial charge in [-0.15, -0.1) is 5.53 Å². The molecular weight excluding hydrogens is 324 g/mol. The SMILES string of the molecule is Cc1ccc(N2NNc3c(C(=O)N4CCOCC4)ncn3C2=O)cc1. The highest BCUT2D eigenvalue weighted by Crippen LogP contribution is 2.23. The van der Waals surface area contributed by atoms with Gasteiger partial charge < -0.3 is 9.64 Å². The Hall–Kier alpha value is -2.91. The molecule has 0 atom stereocenters. The molecule has 0 spiro atoms. The Morgan fingerprint density at radius 3 is 2.64 bits per heavy atom. The number of fused-ring (bicyclic) bond motifs is 1. The summed E-state index contributed by atoms with van der Waals surface area (Å²) in [7, 11) is 0. The average molecular weight is 342 g/mol. The molecule has 0 bridgehead atoms. The summed E-state index contributed by atoms with van der Waals surface area (Å²) in [5.41, 5.74) is 7.72. The lowest BCUT2D eigenvalue weighted by molar-refractivity contribution is 0.0300. The number of aromatic nitrogens is 2. The summed E-state index contributed by atoms with van der Waals surface area (Å²) >= 11 is 0. The van der Waals surface area contributed by atoms with Crippen molar-refractivity contribution in [1.82, 2.24) is 20.0 Å². The minimum Gasteiger partial charge on any atom is -0.378 e. The summed E-state index contributed by atoms with van der Waals surface area (Å²) in [6, 6.07) is 7.17. The van der Waals surface area contributed by atoms with Crippen molar-refractivity contribution in [2.75, 3.05) is 36.7 Å². The molecule has 0 aliphatic carbocycles. The van der Waals surface area contributed by atoms with Gasteiger partial charge in [0.2, 0.25) is 0 Å². The minimum atomic E-state index is -0.342. The van der Waals surface area contributed by atoms with Crippen molar-refractivity contribution in [2.45, 2.75) is 6.92 Å². The third-order valence-corrected chi connectivity index (χ3v) is 4.24. The number of hydrogen-bond donors (Lipinski definition) is 2. The second-order valence-corrected chi connectivity index (χ2v) is 5.91. The van der Waals surface area contributed by atoms with Crippen LogP contribution in [0.4, 0.5) is 16.3 Å². The van der Waals surface area contributed by atoms with Crippen molar-refractivity contribution in [3.63, 3.8) is 0 Å². The quantitative estimate of drug-likeness (QED) is 0.845. The van der Waals surface area contributed by atoms with Gasteiger partial charge in [-0.05, 0) is 19.1 Å². The van der Waals surface area contributed by atoms with Gasteiger partial charge in [-0.2, -0.15) is 0 Å². The number of carbonyl (C=O) groups is 2. The number of nitrogens with one attached hydrogen (secondary N) is 2. The van der Waals surface area contributed by atoms with Crippen LogP contribution in [0.3, 0.4) is 0 Å². The molecule has 2 aliphatic rings. The number of anilines is 2. The lowest BCUT2D eigenvalue weighted by Gasteiger charge is -2.30. The van der Waals surface area contributed by atoms with Crippen molar-refractivity contribution in [2.24, 2.45) is 0 Å². The van der Waals surface area contributed by atoms with Crippen molar-refractivity contribution in [3.8, 4) is 0 Å². The van der Waals surface area contributed by atoms with E-state index in [2.05, 4.69) is 15.9 Å². The minimum absolute atomic E-state index is 0.214. The molecule has 130 valence electrons. The number of rotatable bonds is 2. The number of ether oxygens (including phenoxy) is 1. The molecule has 2 amide bonds. The summed E-state index contributed by atoms with van der Waals surface area (Å²) in [6.45, 7) is 4.02. The Kier molecular flexibility index (Phi) is 3.86. The maximum absolute atomic E-state index is 12.7. The van der Waals surface area contributed by atoms with Gasteiger partial charge in [-0.3, -0.25) is 10.2 Å². The Balaban J connectivity index is 1.60. The van der Waals surface area contributed by atoms with E-state index in [9.17, 15) is 9.59 Å². The number of carbonyl (C=O) groups excluding carboxylic acids is 2. The van der Waals surface area contributed by atoms with Crippen LogP contribution in [0.2, 0.25) is 0 Å². The number of hydrogen-bond acceptors (Lipinski definition) is 6. The van der Waals surface area contributed by atoms with Gasteiger partial charge >= 0.3 is 6.03 Å². The number of amides is 2. The Bertz CT molecular complexity index is 810. The number of benzene rings is 1. The van der Waals surface area contributed by atoms with Crippen LogP contribution in [0.25, 0.3) is 0 Å². The zero-order chi connectivity index (χ0) is 17.4. The van der Waals surface area contributed by atoms with Gasteiger partial charge in [0.25, 0.3) is 5.91 Å². The van der Waals surface area contributed by atoms with Crippen LogP contribution in [0.15, 0.2) is 30.6 Å². The summed E-state index contributed by atoms with van der Waals surface area (Å²) in [4.78, 5) is 31.2. The number of morpholine rings is 1.